The van der Waals surface area contributed by atoms with E-state index in [1.165, 1.54) is 11.3 Å². The number of amides is 1. The Hall–Kier alpha value is -1.14. The number of aryl methyl sites for hydroxylation is 2. The first-order chi connectivity index (χ1) is 7.99. The van der Waals surface area contributed by atoms with E-state index in [9.17, 15) is 4.79 Å². The predicted octanol–water partition coefficient (Wildman–Crippen LogP) is 2.58. The Bertz CT molecular complexity index is 565. The molecule has 0 spiro atoms. The minimum Gasteiger partial charge on any atom is -0.347 e. The SMILES string of the molecule is C=C(Br)CNC(=O)c1cc2c(C)nn(C)c2s1. The molecule has 2 aromatic rings. The fourth-order valence-electron chi connectivity index (χ4n) is 1.58. The lowest BCUT2D eigenvalue weighted by atomic mass is 10.3. The number of nitrogens with one attached hydrogen (secondary N) is 1. The zero-order valence-corrected chi connectivity index (χ0v) is 12.0. The van der Waals surface area contributed by atoms with E-state index >= 15 is 0 Å². The summed E-state index contributed by atoms with van der Waals surface area (Å²) in [6.07, 6.45) is 0. The lowest BCUT2D eigenvalue weighted by molar-refractivity contribution is 0.0962. The molecule has 0 saturated carbocycles. The predicted molar refractivity (Wildman–Crippen MR) is 73.7 cm³/mol. The summed E-state index contributed by atoms with van der Waals surface area (Å²) in [5.74, 6) is -0.0776. The standard InChI is InChI=1S/C11H12BrN3OS/c1-6(12)5-13-10(16)9-4-8-7(2)14-15(3)11(8)17-9/h4H,1,5H2,2-3H3,(H,13,16). The normalized spacial score (nSPS) is 10.8. The van der Waals surface area contributed by atoms with Crippen LogP contribution in [0.5, 0.6) is 0 Å². The lowest BCUT2D eigenvalue weighted by Crippen LogP contribution is -2.23. The molecule has 0 aliphatic rings. The van der Waals surface area contributed by atoms with Crippen LogP contribution in [-0.2, 0) is 7.05 Å². The molecule has 0 saturated heterocycles. The van der Waals surface area contributed by atoms with Crippen LogP contribution in [0.1, 0.15) is 15.4 Å². The van der Waals surface area contributed by atoms with Gasteiger partial charge in [0.15, 0.2) is 0 Å². The highest BCUT2D eigenvalue weighted by atomic mass is 79.9. The fourth-order valence-corrected chi connectivity index (χ4v) is 2.76. The van der Waals surface area contributed by atoms with Gasteiger partial charge in [0.25, 0.3) is 5.91 Å². The number of fused-ring (bicyclic) bond motifs is 1. The summed E-state index contributed by atoms with van der Waals surface area (Å²) in [6.45, 7) is 6.05. The number of nitrogens with zero attached hydrogens (tertiary/aromatic N) is 2. The molecule has 90 valence electrons. The van der Waals surface area contributed by atoms with Crippen LogP contribution in [0, 0.1) is 6.92 Å². The topological polar surface area (TPSA) is 46.9 Å². The third-order valence-electron chi connectivity index (χ3n) is 2.36. The first-order valence-corrected chi connectivity index (χ1v) is 6.64. The van der Waals surface area contributed by atoms with Crippen LogP contribution >= 0.6 is 27.3 Å². The van der Waals surface area contributed by atoms with Crippen LogP contribution in [0.4, 0.5) is 0 Å². The molecule has 0 aliphatic heterocycles. The third-order valence-corrected chi connectivity index (χ3v) is 3.84. The molecular formula is C11H12BrN3OS. The Kier molecular flexibility index (Phi) is 3.35. The van der Waals surface area contributed by atoms with Crippen LogP contribution < -0.4 is 5.32 Å². The second-order valence-electron chi connectivity index (χ2n) is 3.74. The molecule has 2 rings (SSSR count). The molecule has 2 heterocycles. The molecule has 1 N–H and O–H groups in total. The summed E-state index contributed by atoms with van der Waals surface area (Å²) in [5, 5.41) is 8.12. The van der Waals surface area contributed by atoms with Crippen molar-refractivity contribution in [3.8, 4) is 0 Å². The Morgan fingerprint density at radius 3 is 3.00 bits per heavy atom. The van der Waals surface area contributed by atoms with E-state index in [-0.39, 0.29) is 5.91 Å². The molecule has 4 nitrogen and oxygen atoms in total. The van der Waals surface area contributed by atoms with Gasteiger partial charge in [0.05, 0.1) is 10.6 Å². The molecule has 1 amide bonds. The van der Waals surface area contributed by atoms with Gasteiger partial charge in [0, 0.05) is 23.5 Å². The molecule has 17 heavy (non-hydrogen) atoms. The number of carbonyl (C=O) groups is 1. The molecule has 0 aromatic carbocycles. The van der Waals surface area contributed by atoms with Gasteiger partial charge in [0.1, 0.15) is 4.83 Å². The van der Waals surface area contributed by atoms with E-state index in [1.807, 2.05) is 20.0 Å². The van der Waals surface area contributed by atoms with Crippen molar-refractivity contribution >= 4 is 43.4 Å². The van der Waals surface area contributed by atoms with Crippen LogP contribution in [0.3, 0.4) is 0 Å². The first kappa shape index (κ1) is 12.3. The monoisotopic (exact) mass is 313 g/mol. The van der Waals surface area contributed by atoms with Crippen molar-refractivity contribution in [1.29, 1.82) is 0 Å². The minimum absolute atomic E-state index is 0.0776. The zero-order chi connectivity index (χ0) is 12.6. The Balaban J connectivity index is 2.27. The number of carbonyl (C=O) groups excluding carboxylic acids is 1. The van der Waals surface area contributed by atoms with Gasteiger partial charge in [-0.05, 0) is 13.0 Å². The average Bonchev–Trinajstić information content (AvgIpc) is 2.79. The number of thiophene rings is 1. The maximum Gasteiger partial charge on any atom is 0.261 e. The van der Waals surface area contributed by atoms with E-state index in [0.717, 1.165) is 20.4 Å². The van der Waals surface area contributed by atoms with Gasteiger partial charge < -0.3 is 5.32 Å². The van der Waals surface area contributed by atoms with Gasteiger partial charge >= 0.3 is 0 Å². The van der Waals surface area contributed by atoms with Crippen molar-refractivity contribution in [1.82, 2.24) is 15.1 Å². The number of rotatable bonds is 3. The largest absolute Gasteiger partial charge is 0.347 e. The van der Waals surface area contributed by atoms with Crippen molar-refractivity contribution in [3.05, 3.63) is 27.7 Å². The summed E-state index contributed by atoms with van der Waals surface area (Å²) in [5.41, 5.74) is 0.947. The summed E-state index contributed by atoms with van der Waals surface area (Å²) >= 11 is 4.65. The van der Waals surface area contributed by atoms with E-state index < -0.39 is 0 Å². The molecule has 6 heteroatoms. The molecule has 0 aliphatic carbocycles. The van der Waals surface area contributed by atoms with Crippen molar-refractivity contribution in [2.75, 3.05) is 6.54 Å². The Morgan fingerprint density at radius 1 is 1.71 bits per heavy atom. The summed E-state index contributed by atoms with van der Waals surface area (Å²) in [6, 6.07) is 1.88. The van der Waals surface area contributed by atoms with Crippen molar-refractivity contribution < 1.29 is 4.79 Å². The van der Waals surface area contributed by atoms with Gasteiger partial charge in [-0.1, -0.05) is 22.5 Å². The Morgan fingerprint density at radius 2 is 2.41 bits per heavy atom. The first-order valence-electron chi connectivity index (χ1n) is 5.03. The minimum atomic E-state index is -0.0776. The lowest BCUT2D eigenvalue weighted by Gasteiger charge is -2.00. The van der Waals surface area contributed by atoms with Gasteiger partial charge in [-0.25, -0.2) is 0 Å². The smallest absolute Gasteiger partial charge is 0.261 e. The van der Waals surface area contributed by atoms with Crippen LogP contribution in [0.2, 0.25) is 0 Å². The van der Waals surface area contributed by atoms with Gasteiger partial charge in [-0.3, -0.25) is 9.48 Å². The molecule has 0 radical (unpaired) electrons. The van der Waals surface area contributed by atoms with Crippen molar-refractivity contribution in [2.45, 2.75) is 6.92 Å². The number of aromatic nitrogens is 2. The van der Waals surface area contributed by atoms with Gasteiger partial charge in [-0.2, -0.15) is 5.10 Å². The van der Waals surface area contributed by atoms with Gasteiger partial charge in [-0.15, -0.1) is 11.3 Å². The molecule has 0 fully saturated rings. The summed E-state index contributed by atoms with van der Waals surface area (Å²) in [4.78, 5) is 13.6. The van der Waals surface area contributed by atoms with E-state index in [4.69, 9.17) is 0 Å². The maximum absolute atomic E-state index is 11.8. The second kappa shape index (κ2) is 4.62. The number of halogens is 1. The van der Waals surface area contributed by atoms with Gasteiger partial charge in [0.2, 0.25) is 0 Å². The van der Waals surface area contributed by atoms with Crippen LogP contribution in [-0.4, -0.2) is 22.2 Å². The van der Waals surface area contributed by atoms with Crippen LogP contribution in [0.25, 0.3) is 10.2 Å². The quantitative estimate of drug-likeness (QED) is 0.946. The zero-order valence-electron chi connectivity index (χ0n) is 9.58. The second-order valence-corrected chi connectivity index (χ2v) is 5.89. The van der Waals surface area contributed by atoms with E-state index in [2.05, 4.69) is 32.9 Å². The van der Waals surface area contributed by atoms with E-state index in [0.29, 0.717) is 11.4 Å². The third kappa shape index (κ3) is 2.42. The molecule has 0 atom stereocenters. The van der Waals surface area contributed by atoms with E-state index in [1.54, 1.807) is 4.68 Å². The number of hydrogen-bond donors (Lipinski definition) is 1. The van der Waals surface area contributed by atoms with Crippen LogP contribution in [0.15, 0.2) is 17.1 Å². The number of hydrogen-bond acceptors (Lipinski definition) is 3. The highest BCUT2D eigenvalue weighted by Gasteiger charge is 2.14. The highest BCUT2D eigenvalue weighted by Crippen LogP contribution is 2.27. The molecule has 0 bridgehead atoms. The summed E-state index contributed by atoms with van der Waals surface area (Å²) < 4.78 is 2.56. The molecular weight excluding hydrogens is 302 g/mol. The van der Waals surface area contributed by atoms with Crippen molar-refractivity contribution in [3.63, 3.8) is 0 Å². The Labute approximate surface area is 111 Å². The van der Waals surface area contributed by atoms with Crippen molar-refractivity contribution in [2.24, 2.45) is 7.05 Å². The fraction of sp³-hybridized carbons (Fsp3) is 0.273. The highest BCUT2D eigenvalue weighted by molar-refractivity contribution is 9.11. The summed E-state index contributed by atoms with van der Waals surface area (Å²) in [7, 11) is 1.88. The molecule has 0 unspecified atom stereocenters. The molecule has 2 aromatic heterocycles. The maximum atomic E-state index is 11.8. The average molecular weight is 314 g/mol.